The minimum atomic E-state index is -0.213. The summed E-state index contributed by atoms with van der Waals surface area (Å²) in [5.74, 6) is 0.368. The molecule has 1 aliphatic heterocycles. The van der Waals surface area contributed by atoms with Crippen LogP contribution in [0.4, 0.5) is 5.69 Å². The summed E-state index contributed by atoms with van der Waals surface area (Å²) in [6.07, 6.45) is 1.69. The van der Waals surface area contributed by atoms with Crippen LogP contribution in [-0.2, 0) is 4.79 Å². The second kappa shape index (κ2) is 8.15. The number of hydrogen-bond donors (Lipinski definition) is 0. The molecule has 0 saturated carbocycles. The third-order valence-electron chi connectivity index (χ3n) is 4.48. The van der Waals surface area contributed by atoms with Crippen LogP contribution in [-0.4, -0.2) is 11.7 Å². The van der Waals surface area contributed by atoms with Gasteiger partial charge in [0.05, 0.1) is 5.69 Å². The Kier molecular flexibility index (Phi) is 5.59. The molecule has 29 heavy (non-hydrogen) atoms. The van der Waals surface area contributed by atoms with Crippen LogP contribution < -0.4 is 4.90 Å². The summed E-state index contributed by atoms with van der Waals surface area (Å²) < 4.78 is 0.936. The molecule has 0 unspecified atom stereocenters. The monoisotopic (exact) mass is 484 g/mol. The molecule has 1 amide bonds. The highest BCUT2D eigenvalue weighted by atomic mass is 79.9. The van der Waals surface area contributed by atoms with E-state index >= 15 is 0 Å². The van der Waals surface area contributed by atoms with Crippen molar-refractivity contribution in [2.24, 2.45) is 4.99 Å². The van der Waals surface area contributed by atoms with Crippen molar-refractivity contribution in [1.82, 2.24) is 0 Å². The first-order valence-corrected chi connectivity index (χ1v) is 10.4. The van der Waals surface area contributed by atoms with Crippen LogP contribution in [0.15, 0.2) is 81.9 Å². The Balaban J connectivity index is 1.84. The van der Waals surface area contributed by atoms with Gasteiger partial charge in [-0.1, -0.05) is 69.0 Å². The van der Waals surface area contributed by atoms with Crippen LogP contribution in [0.2, 0.25) is 10.0 Å². The molecular formula is C23H15BrCl2N2O. The number of amides is 1. The van der Waals surface area contributed by atoms with Crippen LogP contribution in [0.1, 0.15) is 16.7 Å². The topological polar surface area (TPSA) is 32.7 Å². The molecule has 1 aliphatic rings. The lowest BCUT2D eigenvalue weighted by Gasteiger charge is -2.19. The minimum absolute atomic E-state index is 0.213. The maximum absolute atomic E-state index is 13.3. The number of anilines is 1. The van der Waals surface area contributed by atoms with E-state index in [0.717, 1.165) is 21.3 Å². The zero-order chi connectivity index (χ0) is 20.5. The average Bonchev–Trinajstić information content (AvgIpc) is 3.01. The fraction of sp³-hybridized carbons (Fsp3) is 0.0435. The van der Waals surface area contributed by atoms with Crippen molar-refractivity contribution in [3.63, 3.8) is 0 Å². The summed E-state index contributed by atoms with van der Waals surface area (Å²) in [6, 6.07) is 20.6. The molecule has 0 N–H and O–H groups in total. The van der Waals surface area contributed by atoms with Gasteiger partial charge in [-0.2, -0.15) is 0 Å². The summed E-state index contributed by atoms with van der Waals surface area (Å²) in [5, 5.41) is 1.00. The molecular weight excluding hydrogens is 471 g/mol. The lowest BCUT2D eigenvalue weighted by Crippen LogP contribution is -2.32. The predicted octanol–water partition coefficient (Wildman–Crippen LogP) is 6.90. The van der Waals surface area contributed by atoms with Gasteiger partial charge in [0.2, 0.25) is 0 Å². The Morgan fingerprint density at radius 2 is 1.76 bits per heavy atom. The number of amidine groups is 1. The van der Waals surface area contributed by atoms with Gasteiger partial charge in [-0.15, -0.1) is 0 Å². The van der Waals surface area contributed by atoms with Gasteiger partial charge in [0.15, 0.2) is 0 Å². The summed E-state index contributed by atoms with van der Waals surface area (Å²) in [6.45, 7) is 2.01. The van der Waals surface area contributed by atoms with E-state index in [1.165, 1.54) is 0 Å². The zero-order valence-corrected chi connectivity index (χ0v) is 18.5. The second-order valence-electron chi connectivity index (χ2n) is 6.62. The van der Waals surface area contributed by atoms with E-state index in [9.17, 15) is 4.79 Å². The molecule has 4 rings (SSSR count). The van der Waals surface area contributed by atoms with Gasteiger partial charge in [-0.3, -0.25) is 9.69 Å². The van der Waals surface area contributed by atoms with E-state index in [4.69, 9.17) is 23.2 Å². The van der Waals surface area contributed by atoms with Gasteiger partial charge in [0, 0.05) is 20.1 Å². The van der Waals surface area contributed by atoms with Gasteiger partial charge in [0.1, 0.15) is 11.5 Å². The highest BCUT2D eigenvalue weighted by molar-refractivity contribution is 9.10. The largest absolute Gasteiger partial charge is 0.282 e. The van der Waals surface area contributed by atoms with Gasteiger partial charge in [-0.25, -0.2) is 4.99 Å². The fourth-order valence-corrected chi connectivity index (χ4v) is 3.82. The van der Waals surface area contributed by atoms with Crippen LogP contribution in [0.5, 0.6) is 0 Å². The lowest BCUT2D eigenvalue weighted by molar-refractivity contribution is -0.113. The molecule has 0 radical (unpaired) electrons. The number of aliphatic imine (C=N–C) groups is 1. The molecule has 0 aromatic heterocycles. The fourth-order valence-electron chi connectivity index (χ4n) is 3.09. The quantitative estimate of drug-likeness (QED) is 0.371. The van der Waals surface area contributed by atoms with Gasteiger partial charge in [0.25, 0.3) is 5.91 Å². The number of hydrogen-bond acceptors (Lipinski definition) is 2. The number of rotatable bonds is 3. The Labute approximate surface area is 187 Å². The summed E-state index contributed by atoms with van der Waals surface area (Å²) in [5.41, 5.74) is 3.69. The predicted molar refractivity (Wildman–Crippen MR) is 124 cm³/mol. The molecule has 3 aromatic carbocycles. The standard InChI is InChI=1S/C23H15BrCl2N2O/c1-14-3-2-4-16(11-14)22-27-21(12-15-5-8-18(25)13-20(15)26)23(29)28(22)19-9-6-17(24)7-10-19/h2-13H,1H3/b21-12+. The number of aryl methyl sites for hydroxylation is 1. The summed E-state index contributed by atoms with van der Waals surface area (Å²) >= 11 is 15.7. The first kappa shape index (κ1) is 19.9. The van der Waals surface area contributed by atoms with E-state index in [-0.39, 0.29) is 5.91 Å². The molecule has 0 aliphatic carbocycles. The van der Waals surface area contributed by atoms with Crippen LogP contribution in [0, 0.1) is 6.92 Å². The molecule has 1 heterocycles. The van der Waals surface area contributed by atoms with Crippen LogP contribution >= 0.6 is 39.1 Å². The highest BCUT2D eigenvalue weighted by Crippen LogP contribution is 2.30. The molecule has 3 aromatic rings. The molecule has 3 nitrogen and oxygen atoms in total. The third-order valence-corrected chi connectivity index (χ3v) is 5.57. The van der Waals surface area contributed by atoms with Crippen LogP contribution in [0.25, 0.3) is 6.08 Å². The zero-order valence-electron chi connectivity index (χ0n) is 15.4. The molecule has 0 spiro atoms. The number of carbonyl (C=O) groups excluding carboxylic acids is 1. The Morgan fingerprint density at radius 3 is 2.45 bits per heavy atom. The molecule has 0 bridgehead atoms. The average molecular weight is 486 g/mol. The number of nitrogens with zero attached hydrogens (tertiary/aromatic N) is 2. The molecule has 6 heteroatoms. The number of benzene rings is 3. The Hall–Kier alpha value is -2.40. The van der Waals surface area contributed by atoms with Gasteiger partial charge >= 0.3 is 0 Å². The lowest BCUT2D eigenvalue weighted by atomic mass is 10.1. The third kappa shape index (κ3) is 4.15. The van der Waals surface area contributed by atoms with E-state index in [1.54, 1.807) is 29.2 Å². The van der Waals surface area contributed by atoms with E-state index in [1.807, 2.05) is 55.5 Å². The van der Waals surface area contributed by atoms with Crippen molar-refractivity contribution >= 4 is 62.6 Å². The summed E-state index contributed by atoms with van der Waals surface area (Å²) in [4.78, 5) is 19.6. The minimum Gasteiger partial charge on any atom is -0.266 e. The van der Waals surface area contributed by atoms with Crippen LogP contribution in [0.3, 0.4) is 0 Å². The Morgan fingerprint density at radius 1 is 1.00 bits per heavy atom. The second-order valence-corrected chi connectivity index (χ2v) is 8.38. The number of carbonyl (C=O) groups is 1. The van der Waals surface area contributed by atoms with Crippen molar-refractivity contribution in [3.05, 3.63) is 104 Å². The number of halogens is 3. The SMILES string of the molecule is Cc1cccc(C2=N/C(=C/c3ccc(Cl)cc3Cl)C(=O)N2c2ccc(Br)cc2)c1. The summed E-state index contributed by atoms with van der Waals surface area (Å²) in [7, 11) is 0. The molecule has 0 saturated heterocycles. The normalized spacial score (nSPS) is 15.2. The molecule has 144 valence electrons. The first-order valence-electron chi connectivity index (χ1n) is 8.85. The molecule has 0 atom stereocenters. The van der Waals surface area contributed by atoms with Crippen molar-refractivity contribution < 1.29 is 4.79 Å². The first-order chi connectivity index (χ1) is 13.9. The Bertz CT molecular complexity index is 1170. The van der Waals surface area contributed by atoms with Crippen molar-refractivity contribution in [2.75, 3.05) is 4.90 Å². The van der Waals surface area contributed by atoms with Gasteiger partial charge in [-0.05, 0) is 61.0 Å². The van der Waals surface area contributed by atoms with Gasteiger partial charge < -0.3 is 0 Å². The maximum atomic E-state index is 13.3. The van der Waals surface area contributed by atoms with Crippen molar-refractivity contribution in [3.8, 4) is 0 Å². The maximum Gasteiger partial charge on any atom is 0.282 e. The van der Waals surface area contributed by atoms with E-state index < -0.39 is 0 Å². The van der Waals surface area contributed by atoms with E-state index in [0.29, 0.717) is 27.1 Å². The van der Waals surface area contributed by atoms with Crippen molar-refractivity contribution in [1.29, 1.82) is 0 Å². The highest BCUT2D eigenvalue weighted by Gasteiger charge is 2.32. The molecule has 0 fully saturated rings. The van der Waals surface area contributed by atoms with E-state index in [2.05, 4.69) is 20.9 Å². The van der Waals surface area contributed by atoms with Crippen molar-refractivity contribution in [2.45, 2.75) is 6.92 Å². The smallest absolute Gasteiger partial charge is 0.266 e.